The zero-order chi connectivity index (χ0) is 16.0. The first-order chi connectivity index (χ1) is 10.3. The summed E-state index contributed by atoms with van der Waals surface area (Å²) in [5.74, 6) is 0. The van der Waals surface area contributed by atoms with Gasteiger partial charge in [-0.2, -0.15) is 0 Å². The van der Waals surface area contributed by atoms with Gasteiger partial charge < -0.3 is 15.0 Å². The molecule has 0 radical (unpaired) electrons. The molecule has 1 heterocycles. The van der Waals surface area contributed by atoms with E-state index >= 15 is 0 Å². The van der Waals surface area contributed by atoms with Gasteiger partial charge in [-0.1, -0.05) is 42.5 Å². The fourth-order valence-corrected chi connectivity index (χ4v) is 2.56. The van der Waals surface area contributed by atoms with Crippen LogP contribution in [0.3, 0.4) is 0 Å². The fraction of sp³-hybridized carbons (Fsp3) is 0.333. The van der Waals surface area contributed by atoms with Crippen LogP contribution in [0.15, 0.2) is 48.5 Å². The summed E-state index contributed by atoms with van der Waals surface area (Å²) < 4.78 is 12.2. The Labute approximate surface area is 132 Å². The predicted octanol–water partition coefficient (Wildman–Crippen LogP) is 3.24. The Morgan fingerprint density at radius 2 is 1.41 bits per heavy atom. The molecule has 1 aliphatic heterocycles. The summed E-state index contributed by atoms with van der Waals surface area (Å²) >= 11 is 0. The average molecular weight is 295 g/mol. The van der Waals surface area contributed by atoms with Gasteiger partial charge in [-0.05, 0) is 44.9 Å². The van der Waals surface area contributed by atoms with Crippen LogP contribution in [0.2, 0.25) is 0 Å². The van der Waals surface area contributed by atoms with Gasteiger partial charge in [0.05, 0.1) is 11.2 Å². The molecular weight excluding hydrogens is 273 g/mol. The molecule has 0 atom stereocenters. The average Bonchev–Trinajstić information content (AvgIpc) is 2.69. The lowest BCUT2D eigenvalue weighted by molar-refractivity contribution is 0.00578. The van der Waals surface area contributed by atoms with Crippen LogP contribution >= 0.6 is 0 Å². The van der Waals surface area contributed by atoms with Crippen molar-refractivity contribution in [3.8, 4) is 11.1 Å². The van der Waals surface area contributed by atoms with Crippen molar-refractivity contribution in [1.82, 2.24) is 0 Å². The second kappa shape index (κ2) is 5.15. The fourth-order valence-electron chi connectivity index (χ4n) is 2.56. The minimum absolute atomic E-state index is 0.368. The van der Waals surface area contributed by atoms with Crippen molar-refractivity contribution in [2.45, 2.75) is 38.9 Å². The molecule has 3 nitrogen and oxygen atoms in total. The maximum atomic E-state index is 6.16. The normalized spacial score (nSPS) is 19.4. The number of benzene rings is 2. The van der Waals surface area contributed by atoms with E-state index < -0.39 is 7.12 Å². The third-order valence-corrected chi connectivity index (χ3v) is 4.70. The predicted molar refractivity (Wildman–Crippen MR) is 92.0 cm³/mol. The molecule has 3 rings (SSSR count). The maximum Gasteiger partial charge on any atom is 0.496 e. The van der Waals surface area contributed by atoms with Crippen molar-refractivity contribution in [2.24, 2.45) is 0 Å². The first-order valence-electron chi connectivity index (χ1n) is 7.61. The molecule has 0 saturated carbocycles. The quantitative estimate of drug-likeness (QED) is 0.683. The first-order valence-corrected chi connectivity index (χ1v) is 7.61. The molecule has 114 valence electrons. The summed E-state index contributed by atoms with van der Waals surface area (Å²) in [6.07, 6.45) is 0. The lowest BCUT2D eigenvalue weighted by Gasteiger charge is -2.32. The zero-order valence-electron chi connectivity index (χ0n) is 13.6. The van der Waals surface area contributed by atoms with Crippen molar-refractivity contribution in [1.29, 1.82) is 0 Å². The molecule has 2 aromatic rings. The second-order valence-corrected chi connectivity index (χ2v) is 6.80. The van der Waals surface area contributed by atoms with Gasteiger partial charge in [0.1, 0.15) is 0 Å². The van der Waals surface area contributed by atoms with E-state index in [0.29, 0.717) is 5.69 Å². The Hall–Kier alpha value is -1.78. The molecular formula is C18H22BNO2. The molecule has 0 aromatic heterocycles. The lowest BCUT2D eigenvalue weighted by Crippen LogP contribution is -2.41. The van der Waals surface area contributed by atoms with Crippen LogP contribution in [-0.4, -0.2) is 18.3 Å². The molecule has 2 aromatic carbocycles. The number of anilines is 1. The highest BCUT2D eigenvalue weighted by molar-refractivity contribution is 6.64. The molecule has 0 unspecified atom stereocenters. The van der Waals surface area contributed by atoms with Gasteiger partial charge in [0.2, 0.25) is 0 Å². The molecule has 1 aliphatic rings. The van der Waals surface area contributed by atoms with Gasteiger partial charge in [0.25, 0.3) is 0 Å². The Kier molecular flexibility index (Phi) is 3.54. The van der Waals surface area contributed by atoms with Crippen LogP contribution in [0.25, 0.3) is 11.1 Å². The third-order valence-electron chi connectivity index (χ3n) is 4.70. The van der Waals surface area contributed by atoms with Crippen molar-refractivity contribution in [3.63, 3.8) is 0 Å². The Morgan fingerprint density at radius 3 is 2.00 bits per heavy atom. The van der Waals surface area contributed by atoms with Crippen molar-refractivity contribution >= 4 is 18.3 Å². The Bertz CT molecular complexity index is 667. The van der Waals surface area contributed by atoms with Crippen LogP contribution in [0, 0.1) is 0 Å². The van der Waals surface area contributed by atoms with Crippen molar-refractivity contribution < 1.29 is 9.31 Å². The SMILES string of the molecule is CC1(C)OB(c2cc(-c3ccccc3)ccc2N)OC1(C)C. The third kappa shape index (κ3) is 2.53. The Morgan fingerprint density at radius 1 is 0.818 bits per heavy atom. The van der Waals surface area contributed by atoms with E-state index in [1.54, 1.807) is 0 Å². The minimum Gasteiger partial charge on any atom is -0.399 e. The van der Waals surface area contributed by atoms with E-state index in [-0.39, 0.29) is 11.2 Å². The summed E-state index contributed by atoms with van der Waals surface area (Å²) in [4.78, 5) is 0. The highest BCUT2D eigenvalue weighted by Crippen LogP contribution is 2.37. The van der Waals surface area contributed by atoms with E-state index in [1.165, 1.54) is 0 Å². The standard InChI is InChI=1S/C18H22BNO2/c1-17(2)18(3,4)22-19(21-17)15-12-14(10-11-16(15)20)13-8-6-5-7-9-13/h5-12H,20H2,1-4H3. The van der Waals surface area contributed by atoms with Gasteiger partial charge in [-0.3, -0.25) is 0 Å². The lowest BCUT2D eigenvalue weighted by atomic mass is 9.76. The van der Waals surface area contributed by atoms with E-state index in [9.17, 15) is 0 Å². The molecule has 0 aliphatic carbocycles. The molecule has 0 amide bonds. The number of nitrogen functional groups attached to an aromatic ring is 1. The van der Waals surface area contributed by atoms with E-state index in [0.717, 1.165) is 16.6 Å². The molecule has 2 N–H and O–H groups in total. The second-order valence-electron chi connectivity index (χ2n) is 6.80. The number of rotatable bonds is 2. The van der Waals surface area contributed by atoms with Crippen LogP contribution in [-0.2, 0) is 9.31 Å². The highest BCUT2D eigenvalue weighted by Gasteiger charge is 2.52. The molecule has 22 heavy (non-hydrogen) atoms. The van der Waals surface area contributed by atoms with Gasteiger partial charge >= 0.3 is 7.12 Å². The molecule has 1 fully saturated rings. The van der Waals surface area contributed by atoms with Gasteiger partial charge in [-0.25, -0.2) is 0 Å². The summed E-state index contributed by atoms with van der Waals surface area (Å²) in [6.45, 7) is 8.18. The van der Waals surface area contributed by atoms with Crippen molar-refractivity contribution in [2.75, 3.05) is 5.73 Å². The van der Waals surface area contributed by atoms with Crippen molar-refractivity contribution in [3.05, 3.63) is 48.5 Å². The van der Waals surface area contributed by atoms with E-state index in [4.69, 9.17) is 15.0 Å². The maximum absolute atomic E-state index is 6.16. The smallest absolute Gasteiger partial charge is 0.399 e. The van der Waals surface area contributed by atoms with Gasteiger partial charge in [-0.15, -0.1) is 0 Å². The zero-order valence-corrected chi connectivity index (χ0v) is 13.6. The monoisotopic (exact) mass is 295 g/mol. The van der Waals surface area contributed by atoms with Crippen LogP contribution < -0.4 is 11.2 Å². The number of nitrogens with two attached hydrogens (primary N) is 1. The largest absolute Gasteiger partial charge is 0.496 e. The van der Waals surface area contributed by atoms with E-state index in [1.807, 2.05) is 58.0 Å². The first kappa shape index (κ1) is 15.1. The summed E-state index contributed by atoms with van der Waals surface area (Å²) in [5.41, 5.74) is 9.27. The van der Waals surface area contributed by atoms with Crippen LogP contribution in [0.5, 0.6) is 0 Å². The summed E-state index contributed by atoms with van der Waals surface area (Å²) in [7, 11) is -0.436. The number of hydrogen-bond acceptors (Lipinski definition) is 3. The highest BCUT2D eigenvalue weighted by atomic mass is 16.7. The molecule has 4 heteroatoms. The topological polar surface area (TPSA) is 44.5 Å². The van der Waals surface area contributed by atoms with Gasteiger partial charge in [0.15, 0.2) is 0 Å². The molecule has 0 spiro atoms. The van der Waals surface area contributed by atoms with Crippen LogP contribution in [0.1, 0.15) is 27.7 Å². The molecule has 0 bridgehead atoms. The summed E-state index contributed by atoms with van der Waals surface area (Å²) in [6, 6.07) is 16.2. The summed E-state index contributed by atoms with van der Waals surface area (Å²) in [5, 5.41) is 0. The Balaban J connectivity index is 1.99. The van der Waals surface area contributed by atoms with Crippen LogP contribution in [0.4, 0.5) is 5.69 Å². The molecule has 1 saturated heterocycles. The van der Waals surface area contributed by atoms with Gasteiger partial charge in [0, 0.05) is 11.2 Å². The minimum atomic E-state index is -0.436. The number of hydrogen-bond donors (Lipinski definition) is 1. The van der Waals surface area contributed by atoms with E-state index in [2.05, 4.69) is 18.2 Å².